The molecule has 2 fully saturated rings. The number of hydrogen-bond acceptors (Lipinski definition) is 7. The van der Waals surface area contributed by atoms with E-state index in [-0.39, 0.29) is 30.7 Å². The van der Waals surface area contributed by atoms with Crippen molar-refractivity contribution in [3.8, 4) is 10.6 Å². The molecule has 0 spiro atoms. The average molecular weight is 538 g/mol. The minimum atomic E-state index is 0. The van der Waals surface area contributed by atoms with E-state index < -0.39 is 0 Å². The van der Waals surface area contributed by atoms with E-state index in [0.29, 0.717) is 12.0 Å². The molecule has 3 aromatic rings. The maximum absolute atomic E-state index is 12.7. The number of benzene rings is 1. The van der Waals surface area contributed by atoms with E-state index in [0.717, 1.165) is 90.3 Å². The molecule has 3 heterocycles. The van der Waals surface area contributed by atoms with Crippen molar-refractivity contribution in [2.75, 3.05) is 51.6 Å². The first-order valence-corrected chi connectivity index (χ1v) is 12.7. The van der Waals surface area contributed by atoms with Crippen molar-refractivity contribution in [1.29, 1.82) is 0 Å². The molecule has 1 aromatic carbocycles. The number of aryl methyl sites for hydroxylation is 1. The molecule has 2 aliphatic rings. The monoisotopic (exact) mass is 536 g/mol. The second-order valence-corrected chi connectivity index (χ2v) is 10.3. The lowest BCUT2D eigenvalue weighted by molar-refractivity contribution is 0.0953. The number of carbonyl (C=O) groups is 1. The summed E-state index contributed by atoms with van der Waals surface area (Å²) in [6.45, 7) is 8.59. The van der Waals surface area contributed by atoms with Crippen molar-refractivity contribution in [3.63, 3.8) is 0 Å². The molecule has 0 bridgehead atoms. The fourth-order valence-electron chi connectivity index (χ4n) is 4.22. The van der Waals surface area contributed by atoms with E-state index >= 15 is 0 Å². The van der Waals surface area contributed by atoms with Crippen molar-refractivity contribution >= 4 is 58.1 Å². The smallest absolute Gasteiger partial charge is 0.252 e. The number of thiophene rings is 1. The summed E-state index contributed by atoms with van der Waals surface area (Å²) in [5.74, 6) is 0.688. The molecule has 0 radical (unpaired) electrons. The van der Waals surface area contributed by atoms with Gasteiger partial charge < -0.3 is 20.4 Å². The van der Waals surface area contributed by atoms with Crippen molar-refractivity contribution in [3.05, 3.63) is 41.6 Å². The molecular formula is C25H34Cl2N6OS. The Morgan fingerprint density at radius 3 is 2.69 bits per heavy atom. The topological polar surface area (TPSA) is 73.4 Å². The molecule has 0 atom stereocenters. The zero-order chi connectivity index (χ0) is 22.8. The minimum absolute atomic E-state index is 0. The van der Waals surface area contributed by atoms with Crippen molar-refractivity contribution in [2.45, 2.75) is 32.2 Å². The van der Waals surface area contributed by atoms with E-state index in [1.165, 1.54) is 0 Å². The largest absolute Gasteiger partial charge is 0.354 e. The summed E-state index contributed by atoms with van der Waals surface area (Å²) in [6.07, 6.45) is 5.12. The Labute approximate surface area is 223 Å². The van der Waals surface area contributed by atoms with Gasteiger partial charge in [0.2, 0.25) is 5.95 Å². The lowest BCUT2D eigenvalue weighted by Gasteiger charge is -2.32. The number of piperazine rings is 1. The molecule has 1 aliphatic carbocycles. The first-order chi connectivity index (χ1) is 16.1. The van der Waals surface area contributed by atoms with Gasteiger partial charge in [0.1, 0.15) is 0 Å². The van der Waals surface area contributed by atoms with Crippen molar-refractivity contribution in [2.24, 2.45) is 0 Å². The number of halogens is 2. The summed E-state index contributed by atoms with van der Waals surface area (Å²) >= 11 is 1.68. The lowest BCUT2D eigenvalue weighted by Crippen LogP contribution is -2.44. The highest BCUT2D eigenvalue weighted by Gasteiger charge is 2.25. The highest BCUT2D eigenvalue weighted by molar-refractivity contribution is 7.22. The number of fused-ring (bicyclic) bond motifs is 1. The predicted molar refractivity (Wildman–Crippen MR) is 150 cm³/mol. The summed E-state index contributed by atoms with van der Waals surface area (Å²) in [4.78, 5) is 28.0. The van der Waals surface area contributed by atoms with E-state index in [4.69, 9.17) is 4.98 Å². The number of nitrogens with zero attached hydrogens (tertiary/aromatic N) is 4. The lowest BCUT2D eigenvalue weighted by atomic mass is 10.1. The van der Waals surface area contributed by atoms with Gasteiger partial charge in [0, 0.05) is 60.6 Å². The number of aromatic nitrogens is 2. The first-order valence-electron chi connectivity index (χ1n) is 11.9. The highest BCUT2D eigenvalue weighted by atomic mass is 35.5. The van der Waals surface area contributed by atoms with Crippen LogP contribution in [0, 0.1) is 6.92 Å². The van der Waals surface area contributed by atoms with Crippen LogP contribution in [0.1, 0.15) is 35.2 Å². The van der Waals surface area contributed by atoms with E-state index in [9.17, 15) is 4.79 Å². The Bertz CT molecular complexity index is 1140. The van der Waals surface area contributed by atoms with Crippen LogP contribution in [0.3, 0.4) is 0 Å². The van der Waals surface area contributed by atoms with Gasteiger partial charge in [0.15, 0.2) is 0 Å². The summed E-state index contributed by atoms with van der Waals surface area (Å²) in [5, 5.41) is 7.51. The third-order valence-electron chi connectivity index (χ3n) is 6.45. The molecule has 1 saturated heterocycles. The van der Waals surface area contributed by atoms with Crippen LogP contribution in [-0.4, -0.2) is 78.0 Å². The maximum atomic E-state index is 12.7. The molecule has 7 nitrogen and oxygen atoms in total. The SMILES string of the molecule is Cc1cnc(NCCCN2CCN(C)CC2)nc1-c1cc2c(C(=O)NC3CC3)cccc2s1.Cl.Cl. The van der Waals surface area contributed by atoms with Crippen molar-refractivity contribution in [1.82, 2.24) is 25.1 Å². The standard InChI is InChI=1S/C25H32N6OS.2ClH/c1-17-16-27-25(26-9-4-10-31-13-11-30(2)12-14-31)29-23(17)22-15-20-19(5-3-6-21(20)33-22)24(32)28-18-7-8-18;;/h3,5-6,15-16,18H,4,7-14H2,1-2H3,(H,28,32)(H,26,27,29);2*1H. The fraction of sp³-hybridized carbons (Fsp3) is 0.480. The second-order valence-electron chi connectivity index (χ2n) is 9.23. The van der Waals surface area contributed by atoms with Gasteiger partial charge >= 0.3 is 0 Å². The Balaban J connectivity index is 0.00000171. The third-order valence-corrected chi connectivity index (χ3v) is 7.56. The molecule has 2 N–H and O–H groups in total. The van der Waals surface area contributed by atoms with Gasteiger partial charge in [0.25, 0.3) is 5.91 Å². The number of hydrogen-bond donors (Lipinski definition) is 2. The molecule has 10 heteroatoms. The zero-order valence-electron chi connectivity index (χ0n) is 20.2. The molecule has 2 aromatic heterocycles. The quantitative estimate of drug-likeness (QED) is 0.414. The van der Waals surface area contributed by atoms with Crippen LogP contribution in [0.5, 0.6) is 0 Å². The van der Waals surface area contributed by atoms with Gasteiger partial charge in [-0.1, -0.05) is 6.07 Å². The van der Waals surface area contributed by atoms with Crippen LogP contribution in [0.4, 0.5) is 5.95 Å². The first kappa shape index (κ1) is 27.6. The van der Waals surface area contributed by atoms with Gasteiger partial charge in [-0.15, -0.1) is 36.2 Å². The van der Waals surface area contributed by atoms with E-state index in [1.807, 2.05) is 25.3 Å². The summed E-state index contributed by atoms with van der Waals surface area (Å²) in [5.41, 5.74) is 2.71. The predicted octanol–water partition coefficient (Wildman–Crippen LogP) is 4.45. The Kier molecular flexibility index (Phi) is 9.72. The van der Waals surface area contributed by atoms with Crippen LogP contribution in [0.25, 0.3) is 20.7 Å². The summed E-state index contributed by atoms with van der Waals surface area (Å²) < 4.78 is 1.10. The van der Waals surface area contributed by atoms with Gasteiger partial charge in [-0.3, -0.25) is 4.79 Å². The molecular weight excluding hydrogens is 503 g/mol. The number of likely N-dealkylation sites (N-methyl/N-ethyl adjacent to an activating group) is 1. The van der Waals surface area contributed by atoms with Crippen LogP contribution in [-0.2, 0) is 0 Å². The van der Waals surface area contributed by atoms with Gasteiger partial charge in [0.05, 0.1) is 10.6 Å². The molecule has 0 unspecified atom stereocenters. The Morgan fingerprint density at radius 1 is 1.17 bits per heavy atom. The van der Waals surface area contributed by atoms with Crippen LogP contribution < -0.4 is 10.6 Å². The zero-order valence-corrected chi connectivity index (χ0v) is 22.7. The molecule has 190 valence electrons. The fourth-order valence-corrected chi connectivity index (χ4v) is 5.36. The normalized spacial score (nSPS) is 16.4. The number of anilines is 1. The highest BCUT2D eigenvalue weighted by Crippen LogP contribution is 2.36. The third kappa shape index (κ3) is 6.83. The molecule has 1 aliphatic heterocycles. The van der Waals surface area contributed by atoms with Gasteiger partial charge in [-0.05, 0) is 63.5 Å². The molecule has 35 heavy (non-hydrogen) atoms. The van der Waals surface area contributed by atoms with Gasteiger partial charge in [-0.2, -0.15) is 0 Å². The van der Waals surface area contributed by atoms with Crippen molar-refractivity contribution < 1.29 is 4.79 Å². The molecule has 1 amide bonds. The van der Waals surface area contributed by atoms with Crippen LogP contribution >= 0.6 is 36.2 Å². The van der Waals surface area contributed by atoms with E-state index in [2.05, 4.69) is 44.6 Å². The van der Waals surface area contributed by atoms with E-state index in [1.54, 1.807) is 11.3 Å². The number of rotatable bonds is 8. The Morgan fingerprint density at radius 2 is 1.94 bits per heavy atom. The Hall–Kier alpha value is -1.97. The number of nitrogens with one attached hydrogen (secondary N) is 2. The summed E-state index contributed by atoms with van der Waals surface area (Å²) in [6, 6.07) is 8.40. The molecule has 5 rings (SSSR count). The molecule has 1 saturated carbocycles. The summed E-state index contributed by atoms with van der Waals surface area (Å²) in [7, 11) is 2.19. The average Bonchev–Trinajstić information content (AvgIpc) is 3.52. The number of amides is 1. The second kappa shape index (κ2) is 12.3. The van der Waals surface area contributed by atoms with Crippen LogP contribution in [0.15, 0.2) is 30.5 Å². The minimum Gasteiger partial charge on any atom is -0.354 e. The van der Waals surface area contributed by atoms with Gasteiger partial charge in [-0.25, -0.2) is 9.97 Å². The maximum Gasteiger partial charge on any atom is 0.252 e. The van der Waals surface area contributed by atoms with Crippen LogP contribution in [0.2, 0.25) is 0 Å². The number of carbonyl (C=O) groups excluding carboxylic acids is 1.